The Morgan fingerprint density at radius 1 is 1.39 bits per heavy atom. The summed E-state index contributed by atoms with van der Waals surface area (Å²) >= 11 is 0. The van der Waals surface area contributed by atoms with Crippen LogP contribution in [0.15, 0.2) is 24.3 Å². The maximum absolute atomic E-state index is 8.93. The molecule has 0 spiro atoms. The highest BCUT2D eigenvalue weighted by molar-refractivity contribution is 5.42. The Balaban J connectivity index is 1.66. The molecule has 0 heterocycles. The number of ether oxygens (including phenoxy) is 1. The average Bonchev–Trinajstić information content (AvgIpc) is 3.19. The molecular weight excluding hydrogens is 224 g/mol. The lowest BCUT2D eigenvalue weighted by Crippen LogP contribution is -2.23. The van der Waals surface area contributed by atoms with Crippen molar-refractivity contribution in [1.82, 2.24) is 4.90 Å². The first-order valence-electron chi connectivity index (χ1n) is 6.60. The van der Waals surface area contributed by atoms with Crippen LogP contribution in [0.2, 0.25) is 0 Å². The number of nitriles is 1. The minimum Gasteiger partial charge on any atom is -0.492 e. The fraction of sp³-hybridized carbons (Fsp3) is 0.533. The maximum Gasteiger partial charge on any atom is 0.137 e. The molecule has 3 nitrogen and oxygen atoms in total. The van der Waals surface area contributed by atoms with Crippen LogP contribution in [-0.4, -0.2) is 31.6 Å². The number of hydrogen-bond donors (Lipinski definition) is 0. The maximum atomic E-state index is 8.93. The smallest absolute Gasteiger partial charge is 0.137 e. The molecule has 0 bridgehead atoms. The molecule has 0 unspecified atom stereocenters. The summed E-state index contributed by atoms with van der Waals surface area (Å²) in [5, 5.41) is 8.93. The molecule has 1 aromatic rings. The van der Waals surface area contributed by atoms with Gasteiger partial charge < -0.3 is 9.64 Å². The second-order valence-corrected chi connectivity index (χ2v) is 5.02. The zero-order chi connectivity index (χ0) is 12.8. The van der Waals surface area contributed by atoms with Gasteiger partial charge in [0.25, 0.3) is 0 Å². The molecule has 0 atom stereocenters. The van der Waals surface area contributed by atoms with Crippen molar-refractivity contribution in [3.63, 3.8) is 0 Å². The highest BCUT2D eigenvalue weighted by atomic mass is 16.5. The molecule has 1 aromatic carbocycles. The van der Waals surface area contributed by atoms with E-state index in [-0.39, 0.29) is 0 Å². The van der Waals surface area contributed by atoms with Gasteiger partial charge in [-0.3, -0.25) is 0 Å². The summed E-state index contributed by atoms with van der Waals surface area (Å²) in [6.45, 7) is 2.95. The molecule has 18 heavy (non-hydrogen) atoms. The van der Waals surface area contributed by atoms with Crippen molar-refractivity contribution >= 4 is 0 Å². The van der Waals surface area contributed by atoms with Crippen LogP contribution in [0.5, 0.6) is 5.75 Å². The molecule has 0 aromatic heterocycles. The lowest BCUT2D eigenvalue weighted by atomic mass is 10.2. The SMILES string of the molecule is CN(CCCOc1ccccc1C#N)CC1CC1. The lowest BCUT2D eigenvalue weighted by molar-refractivity contribution is 0.257. The summed E-state index contributed by atoms with van der Waals surface area (Å²) in [5.74, 6) is 1.64. The van der Waals surface area contributed by atoms with E-state index in [1.165, 1.54) is 19.4 Å². The van der Waals surface area contributed by atoms with Crippen molar-refractivity contribution in [2.24, 2.45) is 5.92 Å². The normalized spacial score (nSPS) is 14.5. The van der Waals surface area contributed by atoms with Crippen LogP contribution >= 0.6 is 0 Å². The van der Waals surface area contributed by atoms with Crippen LogP contribution in [-0.2, 0) is 0 Å². The third kappa shape index (κ3) is 4.05. The van der Waals surface area contributed by atoms with Gasteiger partial charge in [-0.2, -0.15) is 5.26 Å². The summed E-state index contributed by atoms with van der Waals surface area (Å²) in [4.78, 5) is 2.37. The zero-order valence-electron chi connectivity index (χ0n) is 10.9. The van der Waals surface area contributed by atoms with E-state index in [1.807, 2.05) is 18.2 Å². The molecule has 1 fully saturated rings. The molecule has 1 aliphatic rings. The first-order valence-corrected chi connectivity index (χ1v) is 6.60. The van der Waals surface area contributed by atoms with Crippen LogP contribution in [0.4, 0.5) is 0 Å². The molecule has 3 heteroatoms. The lowest BCUT2D eigenvalue weighted by Gasteiger charge is -2.16. The molecule has 0 N–H and O–H groups in total. The number of para-hydroxylation sites is 1. The quantitative estimate of drug-likeness (QED) is 0.692. The summed E-state index contributed by atoms with van der Waals surface area (Å²) in [7, 11) is 2.17. The van der Waals surface area contributed by atoms with Crippen molar-refractivity contribution in [1.29, 1.82) is 5.26 Å². The zero-order valence-corrected chi connectivity index (χ0v) is 10.9. The Kier molecular flexibility index (Phi) is 4.60. The Morgan fingerprint density at radius 2 is 2.17 bits per heavy atom. The molecule has 0 amide bonds. The minimum absolute atomic E-state index is 0.615. The summed E-state index contributed by atoms with van der Waals surface area (Å²) in [6.07, 6.45) is 3.80. The van der Waals surface area contributed by atoms with Gasteiger partial charge in [0.15, 0.2) is 0 Å². The van der Waals surface area contributed by atoms with Crippen molar-refractivity contribution in [3.05, 3.63) is 29.8 Å². The third-order valence-electron chi connectivity index (χ3n) is 3.22. The van der Waals surface area contributed by atoms with E-state index >= 15 is 0 Å². The first-order chi connectivity index (χ1) is 8.79. The van der Waals surface area contributed by atoms with Crippen LogP contribution < -0.4 is 4.74 Å². The Morgan fingerprint density at radius 3 is 2.89 bits per heavy atom. The van der Waals surface area contributed by atoms with E-state index in [0.29, 0.717) is 17.9 Å². The van der Waals surface area contributed by atoms with Crippen molar-refractivity contribution < 1.29 is 4.74 Å². The summed E-state index contributed by atoms with van der Waals surface area (Å²) < 4.78 is 5.65. The summed E-state index contributed by atoms with van der Waals surface area (Å²) in [6, 6.07) is 9.54. The van der Waals surface area contributed by atoms with Crippen LogP contribution in [0.25, 0.3) is 0 Å². The molecule has 1 aliphatic carbocycles. The second-order valence-electron chi connectivity index (χ2n) is 5.02. The van der Waals surface area contributed by atoms with Gasteiger partial charge in [0.05, 0.1) is 12.2 Å². The fourth-order valence-electron chi connectivity index (χ4n) is 2.03. The number of hydrogen-bond acceptors (Lipinski definition) is 3. The van der Waals surface area contributed by atoms with Gasteiger partial charge in [0.1, 0.15) is 11.8 Å². The van der Waals surface area contributed by atoms with E-state index in [2.05, 4.69) is 18.0 Å². The Bertz CT molecular complexity index is 421. The fourth-order valence-corrected chi connectivity index (χ4v) is 2.03. The Hall–Kier alpha value is -1.53. The molecule has 96 valence electrons. The average molecular weight is 244 g/mol. The molecule has 2 rings (SSSR count). The standard InChI is InChI=1S/C15H20N2O/c1-17(12-13-7-8-13)9-4-10-18-15-6-3-2-5-14(15)11-16/h2-3,5-6,13H,4,7-10,12H2,1H3. The van der Waals surface area contributed by atoms with Gasteiger partial charge in [-0.15, -0.1) is 0 Å². The minimum atomic E-state index is 0.615. The molecule has 1 saturated carbocycles. The van der Waals surface area contributed by atoms with E-state index in [9.17, 15) is 0 Å². The number of benzene rings is 1. The monoisotopic (exact) mass is 244 g/mol. The highest BCUT2D eigenvalue weighted by Gasteiger charge is 2.22. The first kappa shape index (κ1) is 12.9. The number of rotatable bonds is 7. The van der Waals surface area contributed by atoms with Crippen LogP contribution in [0.1, 0.15) is 24.8 Å². The topological polar surface area (TPSA) is 36.3 Å². The highest BCUT2D eigenvalue weighted by Crippen LogP contribution is 2.29. The van der Waals surface area contributed by atoms with Crippen LogP contribution in [0.3, 0.4) is 0 Å². The van der Waals surface area contributed by atoms with E-state index in [0.717, 1.165) is 18.9 Å². The Labute approximate surface area is 109 Å². The number of nitrogens with zero attached hydrogens (tertiary/aromatic N) is 2. The van der Waals surface area contributed by atoms with Gasteiger partial charge in [-0.1, -0.05) is 12.1 Å². The van der Waals surface area contributed by atoms with Crippen molar-refractivity contribution in [2.75, 3.05) is 26.7 Å². The molecule has 0 saturated heterocycles. The summed E-state index contributed by atoms with van der Waals surface area (Å²) in [5.41, 5.74) is 0.615. The van der Waals surface area contributed by atoms with Gasteiger partial charge in [0, 0.05) is 13.1 Å². The van der Waals surface area contributed by atoms with Gasteiger partial charge in [-0.25, -0.2) is 0 Å². The third-order valence-corrected chi connectivity index (χ3v) is 3.22. The van der Waals surface area contributed by atoms with E-state index in [1.54, 1.807) is 6.07 Å². The largest absolute Gasteiger partial charge is 0.492 e. The van der Waals surface area contributed by atoms with E-state index in [4.69, 9.17) is 10.00 Å². The molecule has 0 aliphatic heterocycles. The van der Waals surface area contributed by atoms with Crippen molar-refractivity contribution in [2.45, 2.75) is 19.3 Å². The van der Waals surface area contributed by atoms with Gasteiger partial charge >= 0.3 is 0 Å². The van der Waals surface area contributed by atoms with Crippen molar-refractivity contribution in [3.8, 4) is 11.8 Å². The second kappa shape index (κ2) is 6.42. The van der Waals surface area contributed by atoms with Gasteiger partial charge in [0.2, 0.25) is 0 Å². The van der Waals surface area contributed by atoms with E-state index < -0.39 is 0 Å². The molecular formula is C15H20N2O. The predicted octanol–water partition coefficient (Wildman–Crippen LogP) is 2.67. The predicted molar refractivity (Wildman–Crippen MR) is 71.5 cm³/mol. The van der Waals surface area contributed by atoms with Crippen LogP contribution in [0, 0.1) is 17.2 Å². The molecule has 0 radical (unpaired) electrons. The van der Waals surface area contributed by atoms with Gasteiger partial charge in [-0.05, 0) is 44.4 Å².